The van der Waals surface area contributed by atoms with Crippen molar-refractivity contribution in [1.29, 1.82) is 0 Å². The highest BCUT2D eigenvalue weighted by Gasteiger charge is 2.34. The minimum absolute atomic E-state index is 0.0826. The fraction of sp³-hybridized carbons (Fsp3) is 0.333. The average Bonchev–Trinajstić information content (AvgIpc) is 3.07. The second-order valence-corrected chi connectivity index (χ2v) is 7.88. The maximum Gasteiger partial charge on any atom is 0.398 e. The van der Waals surface area contributed by atoms with Crippen LogP contribution in [0.2, 0.25) is 0 Å². The van der Waals surface area contributed by atoms with E-state index in [-0.39, 0.29) is 18.2 Å². The Labute approximate surface area is 171 Å². The zero-order chi connectivity index (χ0) is 20.9. The van der Waals surface area contributed by atoms with Crippen LogP contribution in [0.3, 0.4) is 0 Å². The molecule has 1 saturated heterocycles. The van der Waals surface area contributed by atoms with Gasteiger partial charge in [0.15, 0.2) is 0 Å². The number of benzene rings is 2. The highest BCUT2D eigenvalue weighted by molar-refractivity contribution is 7.99. The summed E-state index contributed by atoms with van der Waals surface area (Å²) in [5.41, 5.74) is 1.45. The topological polar surface area (TPSA) is 49.4 Å². The molecule has 0 bridgehead atoms. The first-order valence-electron chi connectivity index (χ1n) is 9.23. The molecule has 2 amide bonds. The van der Waals surface area contributed by atoms with Gasteiger partial charge in [0.1, 0.15) is 0 Å². The Bertz CT molecular complexity index is 859. The molecule has 0 saturated carbocycles. The molecule has 3 rings (SSSR count). The number of rotatable bonds is 7. The van der Waals surface area contributed by atoms with Crippen molar-refractivity contribution in [2.75, 3.05) is 24.2 Å². The van der Waals surface area contributed by atoms with Crippen LogP contribution in [-0.2, 0) is 16.0 Å². The normalized spacial score (nSPS) is 16.9. The Balaban J connectivity index is 1.57. The molecule has 154 valence electrons. The summed E-state index contributed by atoms with van der Waals surface area (Å²) >= 11 is 0.628. The first-order valence-corrected chi connectivity index (χ1v) is 10.2. The number of carbonyl (C=O) groups excluding carboxylic acids is 2. The Morgan fingerprint density at radius 2 is 1.79 bits per heavy atom. The van der Waals surface area contributed by atoms with Crippen LogP contribution in [0.25, 0.3) is 0 Å². The van der Waals surface area contributed by atoms with Gasteiger partial charge in [-0.05, 0) is 24.1 Å². The molecule has 0 radical (unpaired) electrons. The lowest BCUT2D eigenvalue weighted by atomic mass is 10.1. The van der Waals surface area contributed by atoms with E-state index in [1.54, 1.807) is 23.1 Å². The van der Waals surface area contributed by atoms with Crippen LogP contribution in [0.1, 0.15) is 12.0 Å². The van der Waals surface area contributed by atoms with Crippen molar-refractivity contribution < 1.29 is 22.8 Å². The van der Waals surface area contributed by atoms with E-state index in [2.05, 4.69) is 5.32 Å². The standard InChI is InChI=1S/C21H21F3N2O2S/c22-21(23,24)14-29-18-9-5-4-8-17(18)25-20(28)16-12-19(27)26(13-16)11-10-15-6-2-1-3-7-15/h1-9,16H,10-14H2,(H,25,28). The van der Waals surface area contributed by atoms with Gasteiger partial charge < -0.3 is 10.2 Å². The summed E-state index contributed by atoms with van der Waals surface area (Å²) < 4.78 is 37.5. The van der Waals surface area contributed by atoms with Gasteiger partial charge in [-0.3, -0.25) is 9.59 Å². The molecular formula is C21H21F3N2O2S. The van der Waals surface area contributed by atoms with E-state index >= 15 is 0 Å². The number of nitrogens with one attached hydrogen (secondary N) is 1. The number of para-hydroxylation sites is 1. The van der Waals surface area contributed by atoms with Crippen molar-refractivity contribution in [2.45, 2.75) is 23.9 Å². The number of halogens is 3. The van der Waals surface area contributed by atoms with E-state index < -0.39 is 17.8 Å². The second kappa shape index (κ2) is 9.35. The Morgan fingerprint density at radius 1 is 1.10 bits per heavy atom. The summed E-state index contributed by atoms with van der Waals surface area (Å²) in [6.07, 6.45) is -3.48. The molecular weight excluding hydrogens is 401 g/mol. The van der Waals surface area contributed by atoms with E-state index in [1.165, 1.54) is 6.07 Å². The molecule has 1 aliphatic heterocycles. The zero-order valence-electron chi connectivity index (χ0n) is 15.6. The number of amides is 2. The third-order valence-corrected chi connectivity index (χ3v) is 5.77. The summed E-state index contributed by atoms with van der Waals surface area (Å²) in [6, 6.07) is 16.2. The van der Waals surface area contributed by atoms with E-state index in [0.717, 1.165) is 5.56 Å². The number of anilines is 1. The maximum absolute atomic E-state index is 12.6. The third-order valence-electron chi connectivity index (χ3n) is 4.63. The minimum Gasteiger partial charge on any atom is -0.342 e. The van der Waals surface area contributed by atoms with E-state index in [0.29, 0.717) is 41.9 Å². The van der Waals surface area contributed by atoms with Gasteiger partial charge in [0, 0.05) is 24.4 Å². The average molecular weight is 422 g/mol. The van der Waals surface area contributed by atoms with Gasteiger partial charge in [0.25, 0.3) is 0 Å². The van der Waals surface area contributed by atoms with Gasteiger partial charge in [0.2, 0.25) is 11.8 Å². The first-order chi connectivity index (χ1) is 13.8. The molecule has 0 spiro atoms. The minimum atomic E-state index is -4.29. The predicted molar refractivity (Wildman–Crippen MR) is 107 cm³/mol. The smallest absolute Gasteiger partial charge is 0.342 e. The maximum atomic E-state index is 12.6. The summed E-state index contributed by atoms with van der Waals surface area (Å²) in [4.78, 5) is 26.9. The molecule has 8 heteroatoms. The Morgan fingerprint density at radius 3 is 2.52 bits per heavy atom. The summed E-state index contributed by atoms with van der Waals surface area (Å²) in [5, 5.41) is 2.70. The van der Waals surface area contributed by atoms with Gasteiger partial charge in [-0.2, -0.15) is 13.2 Å². The van der Waals surface area contributed by atoms with Crippen molar-refractivity contribution in [2.24, 2.45) is 5.92 Å². The lowest BCUT2D eigenvalue weighted by Crippen LogP contribution is -2.30. The molecule has 1 heterocycles. The Kier molecular flexibility index (Phi) is 6.84. The van der Waals surface area contributed by atoms with E-state index in [9.17, 15) is 22.8 Å². The molecule has 2 aromatic carbocycles. The molecule has 1 N–H and O–H groups in total. The summed E-state index contributed by atoms with van der Waals surface area (Å²) in [6.45, 7) is 0.847. The van der Waals surface area contributed by atoms with Gasteiger partial charge >= 0.3 is 6.18 Å². The van der Waals surface area contributed by atoms with Crippen LogP contribution >= 0.6 is 11.8 Å². The lowest BCUT2D eigenvalue weighted by molar-refractivity contribution is -0.128. The zero-order valence-corrected chi connectivity index (χ0v) is 16.4. The van der Waals surface area contributed by atoms with Gasteiger partial charge in [-0.15, -0.1) is 11.8 Å². The van der Waals surface area contributed by atoms with E-state index in [4.69, 9.17) is 0 Å². The fourth-order valence-electron chi connectivity index (χ4n) is 3.16. The van der Waals surface area contributed by atoms with Crippen LogP contribution in [0, 0.1) is 5.92 Å². The number of carbonyl (C=O) groups is 2. The summed E-state index contributed by atoms with van der Waals surface area (Å²) in [5.74, 6) is -1.98. The molecule has 1 unspecified atom stereocenters. The highest BCUT2D eigenvalue weighted by atomic mass is 32.2. The number of hydrogen-bond donors (Lipinski definition) is 1. The SMILES string of the molecule is O=C(Nc1ccccc1SCC(F)(F)F)C1CC(=O)N(CCc2ccccc2)C1. The predicted octanol–water partition coefficient (Wildman–Crippen LogP) is 4.37. The number of nitrogens with zero attached hydrogens (tertiary/aromatic N) is 1. The molecule has 1 aliphatic rings. The van der Waals surface area contributed by atoms with Crippen LogP contribution in [0.4, 0.5) is 18.9 Å². The van der Waals surface area contributed by atoms with Gasteiger partial charge in [0.05, 0.1) is 17.4 Å². The number of thioether (sulfide) groups is 1. The Hall–Kier alpha value is -2.48. The molecule has 0 aliphatic carbocycles. The molecule has 1 atom stereocenters. The molecule has 2 aromatic rings. The second-order valence-electron chi connectivity index (χ2n) is 6.87. The number of likely N-dealkylation sites (tertiary alicyclic amines) is 1. The largest absolute Gasteiger partial charge is 0.398 e. The van der Waals surface area contributed by atoms with E-state index in [1.807, 2.05) is 30.3 Å². The molecule has 0 aromatic heterocycles. The molecule has 1 fully saturated rings. The van der Waals surface area contributed by atoms with Crippen molar-refractivity contribution in [3.05, 3.63) is 60.2 Å². The monoisotopic (exact) mass is 422 g/mol. The quantitative estimate of drug-likeness (QED) is 0.674. The highest BCUT2D eigenvalue weighted by Crippen LogP contribution is 2.32. The molecule has 4 nitrogen and oxygen atoms in total. The van der Waals surface area contributed by atoms with Gasteiger partial charge in [-0.1, -0.05) is 42.5 Å². The van der Waals surface area contributed by atoms with Crippen LogP contribution < -0.4 is 5.32 Å². The van der Waals surface area contributed by atoms with Gasteiger partial charge in [-0.25, -0.2) is 0 Å². The number of alkyl halides is 3. The van der Waals surface area contributed by atoms with Crippen LogP contribution in [0.5, 0.6) is 0 Å². The van der Waals surface area contributed by atoms with Crippen LogP contribution in [0.15, 0.2) is 59.5 Å². The summed E-state index contributed by atoms with van der Waals surface area (Å²) in [7, 11) is 0. The number of hydrogen-bond acceptors (Lipinski definition) is 3. The fourth-order valence-corrected chi connectivity index (χ4v) is 3.93. The van der Waals surface area contributed by atoms with Crippen molar-refractivity contribution in [1.82, 2.24) is 4.90 Å². The van der Waals surface area contributed by atoms with Crippen LogP contribution in [-0.4, -0.2) is 41.7 Å². The third kappa shape index (κ3) is 6.25. The first kappa shape index (κ1) is 21.2. The lowest BCUT2D eigenvalue weighted by Gasteiger charge is -2.17. The van der Waals surface area contributed by atoms with Crippen molar-refractivity contribution in [3.63, 3.8) is 0 Å². The van der Waals surface area contributed by atoms with Crippen molar-refractivity contribution in [3.8, 4) is 0 Å². The van der Waals surface area contributed by atoms with Crippen molar-refractivity contribution >= 4 is 29.3 Å². The molecule has 29 heavy (non-hydrogen) atoms.